The summed E-state index contributed by atoms with van der Waals surface area (Å²) in [6, 6.07) is 6.55. The van der Waals surface area contributed by atoms with Gasteiger partial charge in [-0.15, -0.1) is 0 Å². The maximum absolute atomic E-state index is 12.1. The average Bonchev–Trinajstić information content (AvgIpc) is 2.32. The van der Waals surface area contributed by atoms with Gasteiger partial charge in [0.05, 0.1) is 22.2 Å². The first-order valence-corrected chi connectivity index (χ1v) is 6.16. The monoisotopic (exact) mass is 300 g/mol. The molecule has 0 amide bonds. The van der Waals surface area contributed by atoms with Crippen LogP contribution in [0.1, 0.15) is 16.1 Å². The van der Waals surface area contributed by atoms with Gasteiger partial charge in [0, 0.05) is 11.8 Å². The smallest absolute Gasteiger partial charge is 0.222 e. The first-order valence-electron chi connectivity index (χ1n) is 5.02. The SMILES string of the molecule is O=C(Cc1ccnc(Cl)n1)c1cccc(Cl)c1Cl. The molecule has 1 heterocycles. The van der Waals surface area contributed by atoms with Gasteiger partial charge in [-0.2, -0.15) is 0 Å². The topological polar surface area (TPSA) is 42.9 Å². The highest BCUT2D eigenvalue weighted by molar-refractivity contribution is 6.43. The molecule has 0 saturated heterocycles. The number of benzene rings is 1. The Labute approximate surface area is 119 Å². The fourth-order valence-corrected chi connectivity index (χ4v) is 2.02. The summed E-state index contributed by atoms with van der Waals surface area (Å²) < 4.78 is 0. The van der Waals surface area contributed by atoms with Crippen LogP contribution in [0.15, 0.2) is 30.5 Å². The Kier molecular flexibility index (Phi) is 4.17. The van der Waals surface area contributed by atoms with Crippen LogP contribution in [0.3, 0.4) is 0 Å². The van der Waals surface area contributed by atoms with E-state index >= 15 is 0 Å². The minimum atomic E-state index is -0.169. The Balaban J connectivity index is 2.25. The van der Waals surface area contributed by atoms with Gasteiger partial charge in [0.2, 0.25) is 5.28 Å². The van der Waals surface area contributed by atoms with Gasteiger partial charge in [0.1, 0.15) is 0 Å². The Bertz CT molecular complexity index is 602. The van der Waals surface area contributed by atoms with Crippen LogP contribution in [0.25, 0.3) is 0 Å². The zero-order valence-corrected chi connectivity index (χ0v) is 11.3. The highest BCUT2D eigenvalue weighted by Crippen LogP contribution is 2.26. The van der Waals surface area contributed by atoms with Gasteiger partial charge in [0.15, 0.2) is 5.78 Å². The highest BCUT2D eigenvalue weighted by atomic mass is 35.5. The minimum Gasteiger partial charge on any atom is -0.294 e. The number of carbonyl (C=O) groups excluding carboxylic acids is 1. The van der Waals surface area contributed by atoms with E-state index in [0.29, 0.717) is 16.3 Å². The van der Waals surface area contributed by atoms with E-state index in [4.69, 9.17) is 34.8 Å². The van der Waals surface area contributed by atoms with E-state index in [1.165, 1.54) is 6.20 Å². The molecular weight excluding hydrogens is 295 g/mol. The Hall–Kier alpha value is -1.16. The van der Waals surface area contributed by atoms with Crippen molar-refractivity contribution in [3.05, 3.63) is 57.0 Å². The number of carbonyl (C=O) groups is 1. The summed E-state index contributed by atoms with van der Waals surface area (Å²) in [6.07, 6.45) is 1.60. The highest BCUT2D eigenvalue weighted by Gasteiger charge is 2.14. The molecule has 0 bridgehead atoms. The lowest BCUT2D eigenvalue weighted by Gasteiger charge is -2.04. The maximum Gasteiger partial charge on any atom is 0.222 e. The Morgan fingerprint density at radius 1 is 1.17 bits per heavy atom. The van der Waals surface area contributed by atoms with E-state index in [-0.39, 0.29) is 22.5 Å². The molecule has 0 spiro atoms. The van der Waals surface area contributed by atoms with E-state index in [0.717, 1.165) is 0 Å². The van der Waals surface area contributed by atoms with Crippen LogP contribution in [-0.4, -0.2) is 15.8 Å². The van der Waals surface area contributed by atoms with Crippen LogP contribution >= 0.6 is 34.8 Å². The molecule has 0 aliphatic rings. The molecule has 6 heteroatoms. The second-order valence-electron chi connectivity index (χ2n) is 3.52. The molecule has 0 N–H and O–H groups in total. The van der Waals surface area contributed by atoms with Gasteiger partial charge >= 0.3 is 0 Å². The number of hydrogen-bond donors (Lipinski definition) is 0. The molecule has 18 heavy (non-hydrogen) atoms. The van der Waals surface area contributed by atoms with Crippen molar-refractivity contribution in [1.82, 2.24) is 9.97 Å². The lowest BCUT2D eigenvalue weighted by Crippen LogP contribution is -2.06. The molecule has 1 aromatic heterocycles. The standard InChI is InChI=1S/C12H7Cl3N2O/c13-9-3-1-2-8(11(9)14)10(18)6-7-4-5-16-12(15)17-7/h1-5H,6H2. The fourth-order valence-electron chi connectivity index (χ4n) is 1.45. The fraction of sp³-hybridized carbons (Fsp3) is 0.0833. The molecule has 0 atom stereocenters. The van der Waals surface area contributed by atoms with E-state index in [1.807, 2.05) is 0 Å². The van der Waals surface area contributed by atoms with Crippen molar-refractivity contribution >= 4 is 40.6 Å². The Morgan fingerprint density at radius 3 is 2.67 bits per heavy atom. The third-order valence-corrected chi connectivity index (χ3v) is 3.28. The number of rotatable bonds is 3. The number of aromatic nitrogens is 2. The molecule has 0 saturated carbocycles. The molecule has 0 unspecified atom stereocenters. The van der Waals surface area contributed by atoms with Gasteiger partial charge in [0.25, 0.3) is 0 Å². The summed E-state index contributed by atoms with van der Waals surface area (Å²) in [6.45, 7) is 0. The number of ketones is 1. The summed E-state index contributed by atoms with van der Waals surface area (Å²) >= 11 is 17.5. The van der Waals surface area contributed by atoms with Gasteiger partial charge in [-0.25, -0.2) is 9.97 Å². The molecule has 2 rings (SSSR count). The van der Waals surface area contributed by atoms with Crippen molar-refractivity contribution in [3.8, 4) is 0 Å². The second-order valence-corrected chi connectivity index (χ2v) is 4.64. The minimum absolute atomic E-state index is 0.0995. The number of halogens is 3. The molecular formula is C12H7Cl3N2O. The van der Waals surface area contributed by atoms with Gasteiger partial charge in [-0.3, -0.25) is 4.79 Å². The van der Waals surface area contributed by atoms with Gasteiger partial charge < -0.3 is 0 Å². The maximum atomic E-state index is 12.1. The van der Waals surface area contributed by atoms with Crippen LogP contribution in [0, 0.1) is 0 Å². The van der Waals surface area contributed by atoms with Crippen molar-refractivity contribution in [2.24, 2.45) is 0 Å². The van der Waals surface area contributed by atoms with E-state index < -0.39 is 0 Å². The molecule has 3 nitrogen and oxygen atoms in total. The molecule has 0 radical (unpaired) electrons. The summed E-state index contributed by atoms with van der Waals surface area (Å²) in [5, 5.41) is 0.713. The summed E-state index contributed by atoms with van der Waals surface area (Å²) in [5.74, 6) is -0.169. The van der Waals surface area contributed by atoms with Crippen molar-refractivity contribution < 1.29 is 4.79 Å². The third kappa shape index (κ3) is 2.99. The summed E-state index contributed by atoms with van der Waals surface area (Å²) in [4.78, 5) is 19.7. The average molecular weight is 302 g/mol. The molecule has 0 aliphatic carbocycles. The lowest BCUT2D eigenvalue weighted by molar-refractivity contribution is 0.0992. The zero-order valence-electron chi connectivity index (χ0n) is 9.03. The van der Waals surface area contributed by atoms with E-state index in [9.17, 15) is 4.79 Å². The van der Waals surface area contributed by atoms with Crippen LogP contribution in [-0.2, 0) is 6.42 Å². The summed E-state index contributed by atoms with van der Waals surface area (Å²) in [7, 11) is 0. The molecule has 0 fully saturated rings. The molecule has 92 valence electrons. The largest absolute Gasteiger partial charge is 0.294 e. The first kappa shape index (κ1) is 13.3. The van der Waals surface area contributed by atoms with Gasteiger partial charge in [-0.05, 0) is 29.8 Å². The number of Topliss-reactive ketones (excluding diaryl/α,β-unsaturated/α-hetero) is 1. The normalized spacial score (nSPS) is 10.4. The summed E-state index contributed by atoms with van der Waals surface area (Å²) in [5.41, 5.74) is 0.912. The first-order chi connectivity index (χ1) is 8.58. The van der Waals surface area contributed by atoms with Crippen LogP contribution < -0.4 is 0 Å². The molecule has 2 aromatic rings. The van der Waals surface area contributed by atoms with Crippen molar-refractivity contribution in [2.75, 3.05) is 0 Å². The molecule has 0 aliphatic heterocycles. The van der Waals surface area contributed by atoms with Crippen molar-refractivity contribution in [1.29, 1.82) is 0 Å². The number of hydrogen-bond acceptors (Lipinski definition) is 3. The molecule has 1 aromatic carbocycles. The second kappa shape index (κ2) is 5.65. The third-order valence-electron chi connectivity index (χ3n) is 2.28. The lowest BCUT2D eigenvalue weighted by atomic mass is 10.1. The predicted octanol–water partition coefficient (Wildman–Crippen LogP) is 3.86. The number of nitrogens with zero attached hydrogens (tertiary/aromatic N) is 2. The van der Waals surface area contributed by atoms with Crippen molar-refractivity contribution in [2.45, 2.75) is 6.42 Å². The van der Waals surface area contributed by atoms with Gasteiger partial charge in [-0.1, -0.05) is 29.3 Å². The van der Waals surface area contributed by atoms with Crippen LogP contribution in [0.4, 0.5) is 0 Å². The van der Waals surface area contributed by atoms with E-state index in [2.05, 4.69) is 9.97 Å². The van der Waals surface area contributed by atoms with Crippen molar-refractivity contribution in [3.63, 3.8) is 0 Å². The predicted molar refractivity (Wildman–Crippen MR) is 71.5 cm³/mol. The van der Waals surface area contributed by atoms with E-state index in [1.54, 1.807) is 24.3 Å². The quantitative estimate of drug-likeness (QED) is 0.638. The zero-order chi connectivity index (χ0) is 13.1. The van der Waals surface area contributed by atoms with Crippen LogP contribution in [0.2, 0.25) is 15.3 Å². The van der Waals surface area contributed by atoms with Crippen LogP contribution in [0.5, 0.6) is 0 Å². The Morgan fingerprint density at radius 2 is 1.94 bits per heavy atom.